The first-order valence-corrected chi connectivity index (χ1v) is 8.18. The highest BCUT2D eigenvalue weighted by molar-refractivity contribution is 5.09. The molecule has 1 fully saturated rings. The third-order valence-electron chi connectivity index (χ3n) is 5.08. The van der Waals surface area contributed by atoms with Gasteiger partial charge in [-0.05, 0) is 51.9 Å². The van der Waals surface area contributed by atoms with Crippen molar-refractivity contribution in [2.24, 2.45) is 11.7 Å². The van der Waals surface area contributed by atoms with Gasteiger partial charge in [-0.15, -0.1) is 0 Å². The summed E-state index contributed by atoms with van der Waals surface area (Å²) in [6.07, 6.45) is 5.10. The minimum atomic E-state index is -0.369. The number of ether oxygens (including phenoxy) is 1. The molecule has 1 aromatic heterocycles. The fourth-order valence-corrected chi connectivity index (χ4v) is 2.97. The van der Waals surface area contributed by atoms with Crippen LogP contribution in [0.5, 0.6) is 0 Å². The molecule has 5 heteroatoms. The predicted molar refractivity (Wildman–Crippen MR) is 81.9 cm³/mol. The SMILES string of the molecule is CCOC1(c2noc(C(C)(CC)CN)n2)CCC(C)CC1. The van der Waals surface area contributed by atoms with Crippen molar-refractivity contribution in [1.82, 2.24) is 10.1 Å². The van der Waals surface area contributed by atoms with Crippen LogP contribution in [0.2, 0.25) is 0 Å². The van der Waals surface area contributed by atoms with Gasteiger partial charge in [-0.3, -0.25) is 0 Å². The Labute approximate surface area is 127 Å². The Morgan fingerprint density at radius 3 is 2.57 bits per heavy atom. The smallest absolute Gasteiger partial charge is 0.233 e. The van der Waals surface area contributed by atoms with Crippen LogP contribution in [-0.2, 0) is 15.8 Å². The number of nitrogens with zero attached hydrogens (tertiary/aromatic N) is 2. The molecule has 1 aliphatic rings. The van der Waals surface area contributed by atoms with E-state index in [9.17, 15) is 0 Å². The monoisotopic (exact) mass is 295 g/mol. The number of aromatic nitrogens is 2. The molecule has 1 atom stereocenters. The maximum atomic E-state index is 6.08. The largest absolute Gasteiger partial charge is 0.367 e. The summed E-state index contributed by atoms with van der Waals surface area (Å²) in [5, 5.41) is 4.25. The molecule has 0 aromatic carbocycles. The molecule has 0 bridgehead atoms. The van der Waals surface area contributed by atoms with Gasteiger partial charge in [-0.2, -0.15) is 4.98 Å². The fourth-order valence-electron chi connectivity index (χ4n) is 2.97. The third kappa shape index (κ3) is 3.14. The lowest BCUT2D eigenvalue weighted by molar-refractivity contribution is -0.0847. The van der Waals surface area contributed by atoms with Crippen LogP contribution in [0.15, 0.2) is 4.52 Å². The minimum Gasteiger partial charge on any atom is -0.367 e. The molecule has 0 aliphatic heterocycles. The van der Waals surface area contributed by atoms with Crippen LogP contribution in [0.25, 0.3) is 0 Å². The Morgan fingerprint density at radius 2 is 2.05 bits per heavy atom. The summed E-state index contributed by atoms with van der Waals surface area (Å²) in [5.74, 6) is 2.09. The highest BCUT2D eigenvalue weighted by Crippen LogP contribution is 2.41. The van der Waals surface area contributed by atoms with Gasteiger partial charge in [0.25, 0.3) is 0 Å². The summed E-state index contributed by atoms with van der Waals surface area (Å²) >= 11 is 0. The van der Waals surface area contributed by atoms with Crippen molar-refractivity contribution in [1.29, 1.82) is 0 Å². The van der Waals surface area contributed by atoms with E-state index < -0.39 is 0 Å². The van der Waals surface area contributed by atoms with Gasteiger partial charge in [0.15, 0.2) is 0 Å². The lowest BCUT2D eigenvalue weighted by atomic mass is 9.79. The van der Waals surface area contributed by atoms with Gasteiger partial charge < -0.3 is 15.0 Å². The molecule has 0 amide bonds. The quantitative estimate of drug-likeness (QED) is 0.872. The second-order valence-electron chi connectivity index (χ2n) is 6.65. The minimum absolute atomic E-state index is 0.249. The molecule has 21 heavy (non-hydrogen) atoms. The van der Waals surface area contributed by atoms with Gasteiger partial charge in [-0.25, -0.2) is 0 Å². The Kier molecular flexibility index (Phi) is 5.04. The second-order valence-corrected chi connectivity index (χ2v) is 6.65. The van der Waals surface area contributed by atoms with Crippen molar-refractivity contribution >= 4 is 0 Å². The summed E-state index contributed by atoms with van der Waals surface area (Å²) in [7, 11) is 0. The molecule has 0 saturated heterocycles. The summed E-state index contributed by atoms with van der Waals surface area (Å²) < 4.78 is 11.6. The molecule has 2 rings (SSSR count). The number of nitrogens with two attached hydrogens (primary N) is 1. The molecule has 1 aromatic rings. The fraction of sp³-hybridized carbons (Fsp3) is 0.875. The Hall–Kier alpha value is -0.940. The van der Waals surface area contributed by atoms with Crippen molar-refractivity contribution in [2.75, 3.05) is 13.2 Å². The van der Waals surface area contributed by atoms with Crippen molar-refractivity contribution < 1.29 is 9.26 Å². The maximum absolute atomic E-state index is 6.08. The summed E-state index contributed by atoms with van der Waals surface area (Å²) in [6, 6.07) is 0. The van der Waals surface area contributed by atoms with Gasteiger partial charge in [0, 0.05) is 13.2 Å². The van der Waals surface area contributed by atoms with Gasteiger partial charge in [-0.1, -0.05) is 19.0 Å². The van der Waals surface area contributed by atoms with E-state index in [2.05, 4.69) is 30.9 Å². The summed E-state index contributed by atoms with van der Waals surface area (Å²) in [5.41, 5.74) is 5.27. The molecule has 5 nitrogen and oxygen atoms in total. The van der Waals surface area contributed by atoms with Crippen LogP contribution >= 0.6 is 0 Å². The highest BCUT2D eigenvalue weighted by Gasteiger charge is 2.42. The first kappa shape index (κ1) is 16.4. The molecule has 1 heterocycles. The standard InChI is InChI=1S/C16H29N3O2/c1-5-15(4,11-17)14-18-13(19-21-14)16(20-6-2)9-7-12(3)8-10-16/h12H,5-11,17H2,1-4H3. The normalized spacial score (nSPS) is 29.3. The van der Waals surface area contributed by atoms with Crippen LogP contribution < -0.4 is 5.73 Å². The van der Waals surface area contributed by atoms with Gasteiger partial charge in [0.2, 0.25) is 11.7 Å². The zero-order valence-electron chi connectivity index (χ0n) is 13.8. The van der Waals surface area contributed by atoms with Crippen molar-refractivity contribution in [2.45, 2.75) is 70.8 Å². The van der Waals surface area contributed by atoms with Gasteiger partial charge in [0.1, 0.15) is 5.60 Å². The van der Waals surface area contributed by atoms with E-state index in [1.54, 1.807) is 0 Å². The average Bonchev–Trinajstić information content (AvgIpc) is 3.00. The predicted octanol–water partition coefficient (Wildman–Crippen LogP) is 3.14. The Morgan fingerprint density at radius 1 is 1.38 bits per heavy atom. The summed E-state index contributed by atoms with van der Waals surface area (Å²) in [6.45, 7) is 9.65. The molecular weight excluding hydrogens is 266 g/mol. The Bertz CT molecular complexity index is 446. The molecule has 1 aliphatic carbocycles. The van der Waals surface area contributed by atoms with Crippen LogP contribution in [0.1, 0.15) is 71.5 Å². The van der Waals surface area contributed by atoms with Crippen LogP contribution in [0.4, 0.5) is 0 Å². The van der Waals surface area contributed by atoms with Crippen LogP contribution in [0.3, 0.4) is 0 Å². The van der Waals surface area contributed by atoms with E-state index in [-0.39, 0.29) is 11.0 Å². The van der Waals surface area contributed by atoms with Crippen molar-refractivity contribution in [3.63, 3.8) is 0 Å². The average molecular weight is 295 g/mol. The van der Waals surface area contributed by atoms with E-state index in [0.29, 0.717) is 24.9 Å². The Balaban J connectivity index is 2.28. The van der Waals surface area contributed by atoms with E-state index in [1.165, 1.54) is 0 Å². The molecule has 0 spiro atoms. The maximum Gasteiger partial charge on any atom is 0.233 e. The zero-order valence-corrected chi connectivity index (χ0v) is 13.8. The van der Waals surface area contributed by atoms with E-state index in [0.717, 1.165) is 38.0 Å². The lowest BCUT2D eigenvalue weighted by Gasteiger charge is -2.36. The number of rotatable bonds is 6. The van der Waals surface area contributed by atoms with E-state index in [4.69, 9.17) is 15.0 Å². The number of hydrogen-bond acceptors (Lipinski definition) is 5. The molecule has 1 unspecified atom stereocenters. The number of hydrogen-bond donors (Lipinski definition) is 1. The zero-order chi connectivity index (χ0) is 15.5. The second kappa shape index (κ2) is 6.44. The molecular formula is C16H29N3O2. The van der Waals surface area contributed by atoms with Crippen molar-refractivity contribution in [3.05, 3.63) is 11.7 Å². The van der Waals surface area contributed by atoms with Crippen molar-refractivity contribution in [3.8, 4) is 0 Å². The van der Waals surface area contributed by atoms with E-state index in [1.807, 2.05) is 6.92 Å². The van der Waals surface area contributed by atoms with Crippen LogP contribution in [-0.4, -0.2) is 23.3 Å². The van der Waals surface area contributed by atoms with Gasteiger partial charge >= 0.3 is 0 Å². The highest BCUT2D eigenvalue weighted by atomic mass is 16.5. The molecule has 1 saturated carbocycles. The molecule has 2 N–H and O–H groups in total. The molecule has 120 valence electrons. The summed E-state index contributed by atoms with van der Waals surface area (Å²) in [4.78, 5) is 4.68. The van der Waals surface area contributed by atoms with Crippen LogP contribution in [0, 0.1) is 5.92 Å². The first-order valence-electron chi connectivity index (χ1n) is 8.18. The third-order valence-corrected chi connectivity index (χ3v) is 5.08. The molecule has 0 radical (unpaired) electrons. The van der Waals surface area contributed by atoms with Gasteiger partial charge in [0.05, 0.1) is 5.41 Å². The first-order chi connectivity index (χ1) is 9.99. The van der Waals surface area contributed by atoms with E-state index >= 15 is 0 Å². The topological polar surface area (TPSA) is 74.2 Å². The lowest BCUT2D eigenvalue weighted by Crippen LogP contribution is -2.36.